The Morgan fingerprint density at radius 1 is 0.544 bits per heavy atom. The number of carbonyl (C=O) groups excluding carboxylic acids is 3. The maximum Gasteiger partial charge on any atom is 0.417 e. The molecular formula is C95H124ClFN20O31S. The highest BCUT2D eigenvalue weighted by atomic mass is 35.5. The van der Waals surface area contributed by atoms with Crippen molar-refractivity contribution >= 4 is 158 Å². The lowest BCUT2D eigenvalue weighted by atomic mass is 9.83. The number of anilines is 6. The van der Waals surface area contributed by atoms with E-state index in [0.717, 1.165) is 109 Å². The number of carboxylic acid groups (broad SMARTS) is 1. The third-order valence-electron chi connectivity index (χ3n) is 20.5. The number of nitrogens with one attached hydrogen (secondary N) is 7. The number of esters is 2. The molecule has 1 saturated carbocycles. The van der Waals surface area contributed by atoms with E-state index in [9.17, 15) is 86.1 Å². The number of nitro groups is 2. The highest BCUT2D eigenvalue weighted by Crippen LogP contribution is 2.34. The van der Waals surface area contributed by atoms with Crippen molar-refractivity contribution in [3.05, 3.63) is 251 Å². The van der Waals surface area contributed by atoms with Crippen LogP contribution in [-0.4, -0.2) is 289 Å². The number of azide groups is 1. The van der Waals surface area contributed by atoms with Gasteiger partial charge >= 0.3 is 63.8 Å². The molecule has 1 aliphatic carbocycles. The number of alkyl halides is 1. The van der Waals surface area contributed by atoms with Gasteiger partial charge in [-0.1, -0.05) is 18.1 Å². The molecule has 0 unspecified atom stereocenters. The number of phenols is 2. The number of hydrogen-bond acceptors (Lipinski definition) is 40. The number of carbonyl (C=O) groups is 4. The van der Waals surface area contributed by atoms with E-state index >= 15 is 0 Å². The van der Waals surface area contributed by atoms with Gasteiger partial charge in [-0.05, 0) is 150 Å². The number of nitro benzene ring substituents is 2. The highest BCUT2D eigenvalue weighted by Gasteiger charge is 2.23. The Labute approximate surface area is 854 Å². The van der Waals surface area contributed by atoms with Gasteiger partial charge in [0.1, 0.15) is 24.7 Å². The molecule has 1 saturated heterocycles. The molecule has 2 aliphatic rings. The minimum Gasteiger partial charge on any atom is -0.502 e. The van der Waals surface area contributed by atoms with E-state index in [-0.39, 0.29) is 57.7 Å². The van der Waals surface area contributed by atoms with Gasteiger partial charge in [-0.3, -0.25) is 73.5 Å². The molecule has 0 bridgehead atoms. The van der Waals surface area contributed by atoms with Crippen molar-refractivity contribution < 1.29 is 112 Å². The second-order valence-corrected chi connectivity index (χ2v) is 34.0. The van der Waals surface area contributed by atoms with Gasteiger partial charge in [0.25, 0.3) is 10.1 Å². The van der Waals surface area contributed by atoms with Crippen LogP contribution in [0.15, 0.2) is 206 Å². The number of aliphatic carboxylic acids is 1. The van der Waals surface area contributed by atoms with Crippen LogP contribution in [0.25, 0.3) is 77.0 Å². The van der Waals surface area contributed by atoms with E-state index in [1.165, 1.54) is 23.1 Å². The molecule has 2 fully saturated rings. The Balaban J connectivity index is 0.000000292. The normalized spacial score (nSPS) is 11.8. The fourth-order valence-corrected chi connectivity index (χ4v) is 13.5. The third-order valence-corrected chi connectivity index (χ3v) is 21.1. The lowest BCUT2D eigenvalue weighted by Gasteiger charge is -2.21. The number of aromatic nitrogens is 6. The van der Waals surface area contributed by atoms with Crippen LogP contribution in [0, 0.1) is 26.0 Å². The molecule has 8 aromatic carbocycles. The molecule has 6 aromatic heterocycles. The Morgan fingerprint density at radius 2 is 0.872 bits per heavy atom. The number of Topliss-reactive ketones (excluding diaryl/α,β-unsaturated/α-hetero) is 1. The van der Waals surface area contributed by atoms with Crippen LogP contribution in [-0.2, 0) is 47.7 Å². The average molecular weight is 2130 g/mol. The summed E-state index contributed by atoms with van der Waals surface area (Å²) in [6.07, 6.45) is 4.14. The van der Waals surface area contributed by atoms with Crippen molar-refractivity contribution in [2.24, 2.45) is 10.8 Å². The van der Waals surface area contributed by atoms with Gasteiger partial charge in [-0.25, -0.2) is 33.2 Å². The van der Waals surface area contributed by atoms with E-state index in [4.69, 9.17) is 84.0 Å². The van der Waals surface area contributed by atoms with Gasteiger partial charge < -0.3 is 112 Å². The van der Waals surface area contributed by atoms with E-state index in [2.05, 4.69) is 61.4 Å². The second-order valence-electron chi connectivity index (χ2n) is 31.8. The number of hydrogen-bond donors (Lipinski definition) is 13. The summed E-state index contributed by atoms with van der Waals surface area (Å²) < 4.78 is 83.1. The number of halogens is 2. The molecule has 16 rings (SSSR count). The van der Waals surface area contributed by atoms with Crippen molar-refractivity contribution in [1.29, 1.82) is 0 Å². The number of oxazole rings is 6. The molecule has 14 aromatic rings. The van der Waals surface area contributed by atoms with Gasteiger partial charge in [-0.2, -0.15) is 8.42 Å². The van der Waals surface area contributed by atoms with Crippen LogP contribution in [0.2, 0.25) is 0 Å². The number of rotatable bonds is 28. The van der Waals surface area contributed by atoms with Crippen LogP contribution in [0.1, 0.15) is 64.9 Å². The number of benzene rings is 8. The van der Waals surface area contributed by atoms with Gasteiger partial charge in [-0.15, -0.1) is 11.6 Å². The van der Waals surface area contributed by atoms with Crippen LogP contribution in [0.4, 0.5) is 49.9 Å². The first-order valence-electron chi connectivity index (χ1n) is 45.8. The standard InChI is InChI=1S/C13H13NO3.C12H14N2O4.C11H14N2O5S.C11H14N2O5.C10H11N5O2.C10H13N3O2.C10H12N2O3.C6H4FNO3.C5H11NO.C3H7NO2.C2H5Cl.C2H6O/c15-10-4-1-8(2-5-10)9-3-6-11-12(7-9)17-13(16)14-11;1-3-17-11(15)7-14(2)8-4-5-9-10(6-8)18-12(16)13-9;1-13(5-6-17-19(2,15)16)8-3-4-9-10(7-8)18-11(14)12-9;1-3-18-11(15)7-12(2)8-4-5-9(13(16)17)10(14)6-8;1-15(5-4-12-14-11)7-2-3-8-9(6-7)17-10(16)13-8;1-13(5-4-11)7-2-3-8-9(6-7)15-10(14)12-8;1-12(4-5-13)7-2-3-8-9(6-7)15-10(14)11-8;7-4-1-2-5(8(10)11)6(9)3-4;1-6-2-4-7-5-3-6;1-4-2-3(5)6;2*1-2-3/h3,6-8H,1-2,4-5H2,(H,14,16);4-6H,3,7H2,1-2H3,(H,13,16);3-4,7H,5-6H2,1-2H3,(H,12,14);4-6,14H,3,7H2,1-2H3;2-3,6H,4-5H2,1H3,(H,13,16);2-3,6H,4-5,11H2,1H3,(H,12,14);2-3,6,13H,4-5H2,1H3,(H,11,14);1-3,9H;2-5H2,1H3;4H,2H2,1H3,(H,5,6);2H2,1H3;3H,2H2,1H3. The highest BCUT2D eigenvalue weighted by molar-refractivity contribution is 7.86. The number of fused-ring (bicyclic) bond motifs is 6. The van der Waals surface area contributed by atoms with Crippen LogP contribution >= 0.6 is 11.6 Å². The second kappa shape index (κ2) is 64.0. The zero-order valence-corrected chi connectivity index (χ0v) is 85.7. The average Bonchev–Trinajstić information content (AvgIpc) is 2.02. The Morgan fingerprint density at radius 3 is 1.18 bits per heavy atom. The van der Waals surface area contributed by atoms with E-state index in [1.807, 2.05) is 91.3 Å². The summed E-state index contributed by atoms with van der Waals surface area (Å²) in [7, 11) is 11.1. The lowest BCUT2D eigenvalue weighted by Crippen LogP contribution is -2.32. The number of likely N-dealkylation sites (N-methyl/N-ethyl adjacent to an activating group) is 8. The lowest BCUT2D eigenvalue weighted by molar-refractivity contribution is -0.386. The van der Waals surface area contributed by atoms with Crippen molar-refractivity contribution in [1.82, 2.24) is 40.1 Å². The number of nitrogens with two attached hydrogens (primary N) is 1. The number of H-pyrrole nitrogens is 6. The SMILES string of the molecule is CCCl.CCO.CCOC(=O)CN(C)c1ccc([N+](=O)[O-])c(O)c1.CCOC(=O)CN(C)c1ccc2[nH]c(=O)oc2c1.CN(CCN)c1ccc2[nH]c(=O)oc2c1.CN(CCN=[N+]=[N-])c1ccc2[nH]c(=O)oc2c1.CN(CCO)c1ccc2[nH]c(=O)oc2c1.CN(CCOS(C)(=O)=O)c1ccc2[nH]c(=O)oc2c1.CN1CCOCC1.CNCC(=O)O.O=C1CCC(c2ccc3[nH]c(=O)oc3c2)CC1.O=[N+]([O-])c1ccc(F)cc1O. The minimum atomic E-state index is -3.42. The number of aromatic hydroxyl groups is 2. The summed E-state index contributed by atoms with van der Waals surface area (Å²) in [5.41, 5.74) is 26.0. The number of phenolic OH excluding ortho intramolecular Hbond substituents is 2. The summed E-state index contributed by atoms with van der Waals surface area (Å²) in [4.78, 5) is 160. The number of aliphatic hydroxyl groups excluding tert-OH is 2. The van der Waals surface area contributed by atoms with Gasteiger partial charge in [0.05, 0.1) is 95.4 Å². The number of carboxylic acids is 1. The van der Waals surface area contributed by atoms with Gasteiger partial charge in [0, 0.05) is 214 Å². The number of aromatic amines is 6. The number of ether oxygens (including phenoxy) is 3. The maximum atomic E-state index is 12.2. The largest absolute Gasteiger partial charge is 0.502 e. The number of morpholine rings is 1. The first-order chi connectivity index (χ1) is 70.8. The predicted octanol–water partition coefficient (Wildman–Crippen LogP) is 10.2. The summed E-state index contributed by atoms with van der Waals surface area (Å²) in [5, 5.41) is 69.0. The number of nitrogens with zero attached hydrogens (tertiary/aromatic N) is 12. The molecule has 0 spiro atoms. The topological polar surface area (TPSA) is 712 Å². The first kappa shape index (κ1) is 123. The Kier molecular flexibility index (Phi) is 53.0. The monoisotopic (exact) mass is 2130 g/mol. The molecule has 1 aliphatic heterocycles. The van der Waals surface area contributed by atoms with E-state index in [1.54, 1.807) is 119 Å². The summed E-state index contributed by atoms with van der Waals surface area (Å²) in [5.74, 6) is -4.58. The quantitative estimate of drug-likeness (QED) is 0.00317. The zero-order chi connectivity index (χ0) is 111. The number of ketones is 1. The van der Waals surface area contributed by atoms with Crippen molar-refractivity contribution in [3.8, 4) is 11.5 Å². The van der Waals surface area contributed by atoms with Crippen LogP contribution < -0.4 is 75.0 Å². The number of aliphatic hydroxyl groups is 2. The molecule has 7 heterocycles. The summed E-state index contributed by atoms with van der Waals surface area (Å²) >= 11 is 5.00. The van der Waals surface area contributed by atoms with Crippen LogP contribution in [0.5, 0.6) is 11.5 Å². The predicted molar refractivity (Wildman–Crippen MR) is 560 cm³/mol. The molecule has 0 amide bonds. The van der Waals surface area contributed by atoms with E-state index < -0.39 is 89.4 Å². The Bertz CT molecular complexity index is 7050. The van der Waals surface area contributed by atoms with Gasteiger partial charge in [0.15, 0.2) is 45.0 Å². The Hall–Kier alpha value is -16.1. The zero-order valence-electron chi connectivity index (χ0n) is 84.2. The molecule has 51 nitrogen and oxygen atoms in total. The summed E-state index contributed by atoms with van der Waals surface area (Å²) in [6.45, 7) is 15.6. The molecule has 0 radical (unpaired) electrons. The summed E-state index contributed by atoms with van der Waals surface area (Å²) in [6, 6.07) is 39.0. The molecule has 14 N–H and O–H groups in total. The van der Waals surface area contributed by atoms with Gasteiger partial charge in [0.2, 0.25) is 0 Å². The molecule has 0 atom stereocenters. The third kappa shape index (κ3) is 44.0. The minimum absolute atomic E-state index is 0.00505. The van der Waals surface area contributed by atoms with Crippen molar-refractivity contribution in [2.75, 3.05) is 216 Å². The molecule has 149 heavy (non-hydrogen) atoms. The fourth-order valence-electron chi connectivity index (χ4n) is 13.1. The maximum absolute atomic E-state index is 12.2. The molecule has 810 valence electrons. The van der Waals surface area contributed by atoms with Crippen molar-refractivity contribution in [3.63, 3.8) is 0 Å². The van der Waals surface area contributed by atoms with Crippen LogP contribution in [0.3, 0.4) is 0 Å². The van der Waals surface area contributed by atoms with Crippen molar-refractivity contribution in [2.45, 2.75) is 59.3 Å². The fraction of sp³-hybridized carbons (Fsp3) is 0.389. The molecular weight excluding hydrogens is 2000 g/mol. The van der Waals surface area contributed by atoms with E-state index in [0.29, 0.717) is 137 Å². The molecule has 54 heteroatoms. The first-order valence-corrected chi connectivity index (χ1v) is 48.1. The smallest absolute Gasteiger partial charge is 0.417 e.